The maximum atomic E-state index is 13.8. The van der Waals surface area contributed by atoms with Crippen molar-refractivity contribution in [3.8, 4) is 28.5 Å². The molecule has 1 amide bonds. The molecule has 0 spiro atoms. The van der Waals surface area contributed by atoms with E-state index in [4.69, 9.17) is 20.9 Å². The molecule has 0 radical (unpaired) electrons. The number of benzene rings is 1. The fourth-order valence-electron chi connectivity index (χ4n) is 5.15. The zero-order valence-electron chi connectivity index (χ0n) is 21.8. The lowest BCUT2D eigenvalue weighted by Crippen LogP contribution is -2.47. The third kappa shape index (κ3) is 5.11. The monoisotopic (exact) mass is 562 g/mol. The number of halogens is 1. The molecule has 4 aromatic rings. The first kappa shape index (κ1) is 26.8. The summed E-state index contributed by atoms with van der Waals surface area (Å²) in [5.74, 6) is 0.581. The van der Waals surface area contributed by atoms with Crippen LogP contribution in [0.3, 0.4) is 0 Å². The molecule has 0 aliphatic carbocycles. The topological polar surface area (TPSA) is 120 Å². The van der Waals surface area contributed by atoms with E-state index in [0.29, 0.717) is 44.0 Å². The van der Waals surface area contributed by atoms with Gasteiger partial charge in [0.05, 0.1) is 44.9 Å². The van der Waals surface area contributed by atoms with Crippen molar-refractivity contribution in [1.29, 1.82) is 10.5 Å². The molecule has 5 rings (SSSR count). The Hall–Kier alpha value is -3.83. The highest BCUT2D eigenvalue weighted by Crippen LogP contribution is 2.37. The average Bonchev–Trinajstić information content (AvgIpc) is 3.66. The van der Waals surface area contributed by atoms with Crippen molar-refractivity contribution in [1.82, 2.24) is 19.9 Å². The number of fused-ring (bicyclic) bond motifs is 1. The van der Waals surface area contributed by atoms with Crippen LogP contribution in [0.15, 0.2) is 34.9 Å². The van der Waals surface area contributed by atoms with E-state index < -0.39 is 0 Å². The molecular formula is C28H27ClN6O3S. The summed E-state index contributed by atoms with van der Waals surface area (Å²) < 4.78 is 13.4. The third-order valence-electron chi connectivity index (χ3n) is 7.12. The van der Waals surface area contributed by atoms with Crippen LogP contribution >= 0.6 is 22.9 Å². The Morgan fingerprint density at radius 3 is 2.64 bits per heavy atom. The Bertz CT molecular complexity index is 1610. The minimum atomic E-state index is -0.370. The quantitative estimate of drug-likeness (QED) is 0.319. The average molecular weight is 563 g/mol. The van der Waals surface area contributed by atoms with E-state index in [1.807, 2.05) is 6.07 Å². The second-order valence-corrected chi connectivity index (χ2v) is 11.5. The van der Waals surface area contributed by atoms with Crippen molar-refractivity contribution >= 4 is 39.7 Å². The van der Waals surface area contributed by atoms with Gasteiger partial charge >= 0.3 is 0 Å². The van der Waals surface area contributed by atoms with Crippen LogP contribution in [0.2, 0.25) is 4.34 Å². The van der Waals surface area contributed by atoms with Gasteiger partial charge in [0.2, 0.25) is 0 Å². The van der Waals surface area contributed by atoms with Gasteiger partial charge in [0.1, 0.15) is 29.3 Å². The molecule has 0 unspecified atom stereocenters. The molecule has 11 heteroatoms. The molecule has 200 valence electrons. The number of likely N-dealkylation sites (tertiary alicyclic amines) is 1. The van der Waals surface area contributed by atoms with E-state index >= 15 is 0 Å². The third-order valence-corrected chi connectivity index (χ3v) is 8.37. The van der Waals surface area contributed by atoms with Crippen molar-refractivity contribution in [2.45, 2.75) is 45.3 Å². The summed E-state index contributed by atoms with van der Waals surface area (Å²) >= 11 is 7.45. The van der Waals surface area contributed by atoms with Gasteiger partial charge in [-0.3, -0.25) is 4.79 Å². The van der Waals surface area contributed by atoms with E-state index in [1.54, 1.807) is 28.8 Å². The maximum absolute atomic E-state index is 13.8. The molecule has 1 saturated heterocycles. The summed E-state index contributed by atoms with van der Waals surface area (Å²) in [4.78, 5) is 17.0. The lowest BCUT2D eigenvalue weighted by molar-refractivity contribution is 0.0892. The second-order valence-electron chi connectivity index (χ2n) is 9.74. The number of ether oxygens (including phenoxy) is 1. The molecule has 0 atom stereocenters. The van der Waals surface area contributed by atoms with Crippen molar-refractivity contribution in [3.05, 3.63) is 57.2 Å². The molecule has 0 saturated carbocycles. The molecule has 1 N–H and O–H groups in total. The van der Waals surface area contributed by atoms with Crippen molar-refractivity contribution in [2.24, 2.45) is 0 Å². The molecule has 4 heterocycles. The Balaban J connectivity index is 1.58. The number of aromatic nitrogens is 2. The van der Waals surface area contributed by atoms with Crippen LogP contribution in [0.1, 0.15) is 54.0 Å². The summed E-state index contributed by atoms with van der Waals surface area (Å²) in [7, 11) is 1.50. The van der Waals surface area contributed by atoms with Crippen LogP contribution in [0, 0.1) is 22.7 Å². The number of carbonyl (C=O) groups excluding carboxylic acids is 1. The van der Waals surface area contributed by atoms with Crippen LogP contribution in [0.5, 0.6) is 5.75 Å². The van der Waals surface area contributed by atoms with Crippen LogP contribution in [-0.2, 0) is 6.54 Å². The maximum Gasteiger partial charge on any atom is 0.269 e. The van der Waals surface area contributed by atoms with E-state index in [1.165, 1.54) is 18.4 Å². The van der Waals surface area contributed by atoms with Gasteiger partial charge in [-0.2, -0.15) is 10.5 Å². The Labute approximate surface area is 235 Å². The first-order valence-electron chi connectivity index (χ1n) is 12.6. The number of hydrogen-bond acceptors (Lipinski definition) is 8. The van der Waals surface area contributed by atoms with Crippen molar-refractivity contribution < 1.29 is 14.1 Å². The second kappa shape index (κ2) is 11.1. The van der Waals surface area contributed by atoms with Crippen LogP contribution in [-0.4, -0.2) is 52.8 Å². The van der Waals surface area contributed by atoms with Gasteiger partial charge in [-0.1, -0.05) is 16.8 Å². The minimum absolute atomic E-state index is 0.0231. The molecule has 1 fully saturated rings. The van der Waals surface area contributed by atoms with Crippen LogP contribution in [0.25, 0.3) is 21.5 Å². The number of nitriles is 2. The Morgan fingerprint density at radius 1 is 1.26 bits per heavy atom. The number of hydrogen-bond donors (Lipinski definition) is 1. The zero-order valence-corrected chi connectivity index (χ0v) is 23.4. The van der Waals surface area contributed by atoms with Gasteiger partial charge < -0.3 is 24.0 Å². The molecule has 0 bridgehead atoms. The first-order chi connectivity index (χ1) is 18.8. The van der Waals surface area contributed by atoms with Crippen LogP contribution in [0.4, 0.5) is 0 Å². The Kier molecular flexibility index (Phi) is 7.62. The SMILES string of the molecule is COc1ccc(C#N)c2c1c(C#N)c(C(=O)NC1CCN(C(C)C)CC1)n2Cc1cc(-c2ccc(Cl)s2)on1. The van der Waals surface area contributed by atoms with E-state index in [9.17, 15) is 15.3 Å². The summed E-state index contributed by atoms with van der Waals surface area (Å²) in [5, 5.41) is 28.0. The van der Waals surface area contributed by atoms with E-state index in [2.05, 4.69) is 41.4 Å². The molecule has 1 aliphatic rings. The summed E-state index contributed by atoms with van der Waals surface area (Å²) in [6, 6.07) is 13.5. The van der Waals surface area contributed by atoms with Gasteiger partial charge in [0, 0.05) is 31.2 Å². The van der Waals surface area contributed by atoms with E-state index in [-0.39, 0.29) is 29.8 Å². The lowest BCUT2D eigenvalue weighted by atomic mass is 10.0. The summed E-state index contributed by atoms with van der Waals surface area (Å²) in [6.07, 6.45) is 1.63. The Morgan fingerprint density at radius 2 is 2.03 bits per heavy atom. The highest BCUT2D eigenvalue weighted by atomic mass is 35.5. The van der Waals surface area contributed by atoms with Crippen molar-refractivity contribution in [2.75, 3.05) is 20.2 Å². The zero-order chi connectivity index (χ0) is 27.7. The predicted octanol–water partition coefficient (Wildman–Crippen LogP) is 5.41. The predicted molar refractivity (Wildman–Crippen MR) is 149 cm³/mol. The molecule has 1 aromatic carbocycles. The van der Waals surface area contributed by atoms with Gasteiger partial charge in [0.25, 0.3) is 5.91 Å². The van der Waals surface area contributed by atoms with Gasteiger partial charge in [-0.25, -0.2) is 0 Å². The van der Waals surface area contributed by atoms with Crippen LogP contribution < -0.4 is 10.1 Å². The fraction of sp³-hybridized carbons (Fsp3) is 0.357. The lowest BCUT2D eigenvalue weighted by Gasteiger charge is -2.34. The summed E-state index contributed by atoms with van der Waals surface area (Å²) in [6.45, 7) is 6.21. The molecule has 9 nitrogen and oxygen atoms in total. The molecule has 3 aromatic heterocycles. The number of carbonyl (C=O) groups is 1. The number of nitrogens with one attached hydrogen (secondary N) is 1. The number of nitrogens with zero attached hydrogens (tertiary/aromatic N) is 5. The minimum Gasteiger partial charge on any atom is -0.496 e. The molecule has 39 heavy (non-hydrogen) atoms. The standard InChI is InChI=1S/C28H27ClN6O3S/c1-16(2)34-10-8-18(9-11-34)32-28(36)27-20(14-31)25-21(37-3)5-4-17(13-30)26(25)35(27)15-19-12-22(38-33-19)23-6-7-24(29)39-23/h4-7,12,16,18H,8-11,15H2,1-3H3,(H,32,36). The van der Waals surface area contributed by atoms with Gasteiger partial charge in [-0.05, 0) is 51.0 Å². The smallest absolute Gasteiger partial charge is 0.269 e. The number of thiophene rings is 1. The summed E-state index contributed by atoms with van der Waals surface area (Å²) in [5.41, 5.74) is 1.62. The van der Waals surface area contributed by atoms with E-state index in [0.717, 1.165) is 30.8 Å². The normalized spacial score (nSPS) is 14.4. The fourth-order valence-corrected chi connectivity index (χ4v) is 6.14. The van der Waals surface area contributed by atoms with Gasteiger partial charge in [-0.15, -0.1) is 11.3 Å². The highest BCUT2D eigenvalue weighted by Gasteiger charge is 2.30. The number of methoxy groups -OCH3 is 1. The largest absolute Gasteiger partial charge is 0.496 e. The molecular weight excluding hydrogens is 536 g/mol. The first-order valence-corrected chi connectivity index (χ1v) is 13.8. The highest BCUT2D eigenvalue weighted by molar-refractivity contribution is 7.19. The number of rotatable bonds is 7. The van der Waals surface area contributed by atoms with Crippen molar-refractivity contribution in [3.63, 3.8) is 0 Å². The number of amides is 1. The molecule has 1 aliphatic heterocycles. The number of piperidine rings is 1. The van der Waals surface area contributed by atoms with Gasteiger partial charge in [0.15, 0.2) is 5.76 Å².